The van der Waals surface area contributed by atoms with Crippen LogP contribution in [0.3, 0.4) is 0 Å². The second kappa shape index (κ2) is 3.88. The molecule has 1 aromatic rings. The van der Waals surface area contributed by atoms with E-state index >= 15 is 0 Å². The number of rotatable bonds is 3. The Hall–Kier alpha value is -1.22. The molecule has 0 spiro atoms. The molecule has 0 saturated carbocycles. The van der Waals surface area contributed by atoms with Crippen LogP contribution in [-0.4, -0.2) is 18.0 Å². The number of benzene rings is 1. The summed E-state index contributed by atoms with van der Waals surface area (Å²) in [7, 11) is 0. The minimum Gasteiger partial charge on any atom is -0.454 e. The third-order valence-electron chi connectivity index (χ3n) is 2.25. The van der Waals surface area contributed by atoms with E-state index in [1.54, 1.807) is 12.1 Å². The third kappa shape index (κ3) is 1.82. The molecule has 3 heteroatoms. The third-order valence-corrected chi connectivity index (χ3v) is 2.25. The van der Waals surface area contributed by atoms with Crippen LogP contribution in [-0.2, 0) is 6.42 Å². The van der Waals surface area contributed by atoms with Crippen LogP contribution in [0, 0.1) is 0 Å². The molecule has 1 heterocycles. The van der Waals surface area contributed by atoms with Crippen molar-refractivity contribution < 1.29 is 17.3 Å². The van der Waals surface area contributed by atoms with Gasteiger partial charge in [0.15, 0.2) is 11.5 Å². The van der Waals surface area contributed by atoms with Crippen molar-refractivity contribution in [1.82, 2.24) is 0 Å². The van der Waals surface area contributed by atoms with Gasteiger partial charge in [-0.1, -0.05) is 13.0 Å². The van der Waals surface area contributed by atoms with Gasteiger partial charge in [0.25, 0.3) is 0 Å². The Bertz CT molecular complexity index is 393. The minimum absolute atomic E-state index is 0.378. The summed E-state index contributed by atoms with van der Waals surface area (Å²) in [6, 6.07) is 5.18. The number of aliphatic hydroxyl groups excluding tert-OH is 1. The van der Waals surface area contributed by atoms with E-state index in [-0.39, 0.29) is 6.10 Å². The second-order valence-electron chi connectivity index (χ2n) is 3.33. The highest BCUT2D eigenvalue weighted by Crippen LogP contribution is 2.32. The van der Waals surface area contributed by atoms with Crippen molar-refractivity contribution >= 4 is 0 Å². The van der Waals surface area contributed by atoms with E-state index in [0.717, 1.165) is 5.56 Å². The maximum absolute atomic E-state index is 9.52. The lowest BCUT2D eigenvalue weighted by atomic mass is 10.1. The average Bonchev–Trinajstić information content (AvgIpc) is 2.51. The fraction of sp³-hybridized carbons (Fsp3) is 0.455. The summed E-state index contributed by atoms with van der Waals surface area (Å²) in [5, 5.41) is 9.52. The van der Waals surface area contributed by atoms with Gasteiger partial charge in [0.05, 0.1) is 6.10 Å². The van der Waals surface area contributed by atoms with Gasteiger partial charge >= 0.3 is 0 Å². The van der Waals surface area contributed by atoms with Crippen LogP contribution in [0.15, 0.2) is 18.2 Å². The van der Waals surface area contributed by atoms with Gasteiger partial charge in [-0.2, -0.15) is 0 Å². The predicted molar refractivity (Wildman–Crippen MR) is 52.6 cm³/mol. The summed E-state index contributed by atoms with van der Waals surface area (Å²) in [6.07, 6.45) is 0.850. The summed E-state index contributed by atoms with van der Waals surface area (Å²) in [4.78, 5) is 0. The van der Waals surface area contributed by atoms with Crippen molar-refractivity contribution in [1.29, 1.82) is 0 Å². The summed E-state index contributed by atoms with van der Waals surface area (Å²) < 4.78 is 24.5. The lowest BCUT2D eigenvalue weighted by Crippen LogP contribution is -2.08. The van der Waals surface area contributed by atoms with E-state index in [1.807, 2.05) is 13.0 Å². The maximum Gasteiger partial charge on any atom is 0.231 e. The molecule has 0 radical (unpaired) electrons. The van der Waals surface area contributed by atoms with E-state index < -0.39 is 6.75 Å². The second-order valence-corrected chi connectivity index (χ2v) is 3.33. The fourth-order valence-electron chi connectivity index (χ4n) is 1.37. The lowest BCUT2D eigenvalue weighted by Gasteiger charge is -2.07. The molecule has 14 heavy (non-hydrogen) atoms. The highest BCUT2D eigenvalue weighted by Gasteiger charge is 2.13. The van der Waals surface area contributed by atoms with Crippen molar-refractivity contribution in [2.75, 3.05) is 6.75 Å². The van der Waals surface area contributed by atoms with E-state index in [4.69, 9.17) is 12.2 Å². The van der Waals surface area contributed by atoms with E-state index in [9.17, 15) is 5.11 Å². The van der Waals surface area contributed by atoms with Gasteiger partial charge in [-0.05, 0) is 30.5 Å². The quantitative estimate of drug-likeness (QED) is 0.800. The molecule has 0 bridgehead atoms. The molecule has 1 atom stereocenters. The molecule has 0 unspecified atom stereocenters. The van der Waals surface area contributed by atoms with Crippen LogP contribution < -0.4 is 9.47 Å². The molecule has 0 aromatic heterocycles. The molecule has 1 aliphatic rings. The first-order valence-corrected chi connectivity index (χ1v) is 4.69. The van der Waals surface area contributed by atoms with Crippen molar-refractivity contribution in [3.8, 4) is 11.5 Å². The van der Waals surface area contributed by atoms with Crippen LogP contribution in [0.1, 0.15) is 21.6 Å². The maximum atomic E-state index is 9.52. The zero-order valence-electron chi connectivity index (χ0n) is 9.99. The number of ether oxygens (including phenoxy) is 2. The summed E-state index contributed by atoms with van der Waals surface area (Å²) in [6.45, 7) is -0.166. The van der Waals surface area contributed by atoms with Gasteiger partial charge in [0.1, 0.15) is 2.74 Å². The highest BCUT2D eigenvalue weighted by atomic mass is 16.7. The Labute approximate surface area is 86.1 Å². The molecule has 0 fully saturated rings. The topological polar surface area (TPSA) is 38.7 Å². The Morgan fingerprint density at radius 2 is 2.29 bits per heavy atom. The Balaban J connectivity index is 2.16. The molecular formula is C11H14O3. The first kappa shape index (κ1) is 7.12. The molecule has 0 aliphatic carbocycles. The van der Waals surface area contributed by atoms with Crippen LogP contribution in [0.25, 0.3) is 0 Å². The van der Waals surface area contributed by atoms with Gasteiger partial charge in [0.2, 0.25) is 6.75 Å². The van der Waals surface area contributed by atoms with Crippen molar-refractivity contribution in [3.05, 3.63) is 23.8 Å². The minimum atomic E-state index is -2.08. The van der Waals surface area contributed by atoms with Gasteiger partial charge in [-0.15, -0.1) is 0 Å². The SMILES string of the molecule is [2H]C1([2H])Oc2ccc(C[C@@H](O)CC)cc2O1. The lowest BCUT2D eigenvalue weighted by molar-refractivity contribution is 0.170. The Kier molecular flexibility index (Phi) is 1.97. The first-order valence-electron chi connectivity index (χ1n) is 5.69. The smallest absolute Gasteiger partial charge is 0.231 e. The molecule has 0 amide bonds. The molecule has 1 aliphatic heterocycles. The molecule has 2 rings (SSSR count). The zero-order valence-corrected chi connectivity index (χ0v) is 7.99. The molecule has 1 N–H and O–H groups in total. The number of hydrogen-bond donors (Lipinski definition) is 1. The van der Waals surface area contributed by atoms with Gasteiger partial charge in [-0.25, -0.2) is 0 Å². The van der Waals surface area contributed by atoms with Crippen LogP contribution in [0.2, 0.25) is 0 Å². The van der Waals surface area contributed by atoms with E-state index in [1.165, 1.54) is 0 Å². The van der Waals surface area contributed by atoms with Gasteiger partial charge in [0, 0.05) is 0 Å². The standard InChI is InChI=1S/C11H14O3/c1-2-9(12)5-8-3-4-10-11(6-8)14-7-13-10/h3-4,6,9,12H,2,5,7H2,1H3/t9-/m0/s1/i7D2. The fourth-order valence-corrected chi connectivity index (χ4v) is 1.37. The van der Waals surface area contributed by atoms with E-state index in [2.05, 4.69) is 0 Å². The highest BCUT2D eigenvalue weighted by molar-refractivity contribution is 5.44. The largest absolute Gasteiger partial charge is 0.454 e. The van der Waals surface area contributed by atoms with Crippen molar-refractivity contribution in [2.24, 2.45) is 0 Å². The van der Waals surface area contributed by atoms with Crippen LogP contribution in [0.5, 0.6) is 11.5 Å². The Morgan fingerprint density at radius 1 is 1.50 bits per heavy atom. The zero-order chi connectivity index (χ0) is 11.8. The predicted octanol–water partition coefficient (Wildman–Crippen LogP) is 1.73. The molecule has 76 valence electrons. The summed E-state index contributed by atoms with van der Waals surface area (Å²) >= 11 is 0. The average molecular weight is 196 g/mol. The summed E-state index contributed by atoms with van der Waals surface area (Å²) in [5.74, 6) is 0.797. The Morgan fingerprint density at radius 3 is 3.07 bits per heavy atom. The first-order chi connectivity index (χ1) is 7.50. The number of hydrogen-bond acceptors (Lipinski definition) is 3. The van der Waals surface area contributed by atoms with Crippen LogP contribution in [0.4, 0.5) is 0 Å². The number of fused-ring (bicyclic) bond motifs is 1. The monoisotopic (exact) mass is 196 g/mol. The van der Waals surface area contributed by atoms with Gasteiger partial charge in [-0.3, -0.25) is 0 Å². The van der Waals surface area contributed by atoms with Crippen molar-refractivity contribution in [2.45, 2.75) is 25.9 Å². The number of aliphatic hydroxyl groups is 1. The summed E-state index contributed by atoms with van der Waals surface area (Å²) in [5.41, 5.74) is 0.911. The van der Waals surface area contributed by atoms with Crippen molar-refractivity contribution in [3.63, 3.8) is 0 Å². The molecule has 3 nitrogen and oxygen atoms in total. The normalized spacial score (nSPS) is 21.3. The van der Waals surface area contributed by atoms with Crippen LogP contribution >= 0.6 is 0 Å². The van der Waals surface area contributed by atoms with Gasteiger partial charge < -0.3 is 14.6 Å². The molecular weight excluding hydrogens is 180 g/mol. The molecule has 1 aromatic carbocycles. The van der Waals surface area contributed by atoms with E-state index in [0.29, 0.717) is 24.3 Å². The molecule has 0 saturated heterocycles.